The number of ether oxygens (including phenoxy) is 2. The molecule has 10 heteroatoms. The molecule has 0 spiro atoms. The molecule has 8 nitrogen and oxygen atoms in total. The summed E-state index contributed by atoms with van der Waals surface area (Å²) in [6.45, 7) is 8.22. The van der Waals surface area contributed by atoms with Gasteiger partial charge in [0.05, 0.1) is 19.0 Å². The quantitative estimate of drug-likeness (QED) is 0.684. The molecule has 2 fully saturated rings. The summed E-state index contributed by atoms with van der Waals surface area (Å²) in [6.07, 6.45) is 4.62. The Bertz CT molecular complexity index is 1020. The maximum Gasteiger partial charge on any atom is 0.410 e. The van der Waals surface area contributed by atoms with Gasteiger partial charge in [0.15, 0.2) is 5.75 Å². The monoisotopic (exact) mass is 489 g/mol. The number of hydrogen-bond acceptors (Lipinski definition) is 7. The van der Waals surface area contributed by atoms with Crippen LogP contribution < -0.4 is 15.4 Å². The number of benzene rings is 1. The molecule has 2 atom stereocenters. The Balaban J connectivity index is 1.26. The first-order chi connectivity index (χ1) is 16.6. The second-order valence-electron chi connectivity index (χ2n) is 10.3. The van der Waals surface area contributed by atoms with Crippen molar-refractivity contribution in [3.05, 3.63) is 47.8 Å². The number of aromatic nitrogens is 2. The Hall–Kier alpha value is -3.01. The molecule has 2 N–H and O–H groups in total. The van der Waals surface area contributed by atoms with Gasteiger partial charge < -0.3 is 25.0 Å². The van der Waals surface area contributed by atoms with Crippen LogP contribution in [0.2, 0.25) is 0 Å². The van der Waals surface area contributed by atoms with Crippen LogP contribution >= 0.6 is 0 Å². The summed E-state index contributed by atoms with van der Waals surface area (Å²) >= 11 is 0. The van der Waals surface area contributed by atoms with Crippen LogP contribution in [-0.4, -0.2) is 65.4 Å². The third-order valence-electron chi connectivity index (χ3n) is 6.37. The van der Waals surface area contributed by atoms with Crippen LogP contribution in [0.25, 0.3) is 0 Å². The fourth-order valence-electron chi connectivity index (χ4n) is 4.49. The van der Waals surface area contributed by atoms with Crippen LogP contribution in [0.15, 0.2) is 30.6 Å². The van der Waals surface area contributed by atoms with Crippen molar-refractivity contribution in [2.75, 3.05) is 37.7 Å². The van der Waals surface area contributed by atoms with Gasteiger partial charge in [-0.2, -0.15) is 0 Å². The molecule has 2 aromatic rings. The van der Waals surface area contributed by atoms with E-state index in [1.807, 2.05) is 25.7 Å². The van der Waals surface area contributed by atoms with Crippen LogP contribution in [0, 0.1) is 17.6 Å². The molecule has 0 bridgehead atoms. The molecule has 0 radical (unpaired) electrons. The topological polar surface area (TPSA) is 93.8 Å². The normalized spacial score (nSPS) is 21.3. The Kier molecular flexibility index (Phi) is 7.39. The summed E-state index contributed by atoms with van der Waals surface area (Å²) in [6, 6.07) is 3.07. The lowest BCUT2D eigenvalue weighted by atomic mass is 9.94. The maximum atomic E-state index is 14.2. The van der Waals surface area contributed by atoms with Gasteiger partial charge in [0, 0.05) is 38.1 Å². The lowest BCUT2D eigenvalue weighted by Crippen LogP contribution is -2.42. The second-order valence-corrected chi connectivity index (χ2v) is 10.3. The van der Waals surface area contributed by atoms with Crippen molar-refractivity contribution in [3.63, 3.8) is 0 Å². The first-order valence-corrected chi connectivity index (χ1v) is 12.0. The van der Waals surface area contributed by atoms with Crippen LogP contribution in [0.5, 0.6) is 5.75 Å². The van der Waals surface area contributed by atoms with Gasteiger partial charge in [-0.3, -0.25) is 0 Å². The zero-order valence-corrected chi connectivity index (χ0v) is 20.4. The second kappa shape index (κ2) is 10.3. The van der Waals surface area contributed by atoms with Crippen LogP contribution in [-0.2, 0) is 4.74 Å². The highest BCUT2D eigenvalue weighted by Crippen LogP contribution is 2.31. The lowest BCUT2D eigenvalue weighted by Gasteiger charge is -2.33. The van der Waals surface area contributed by atoms with Crippen LogP contribution in [0.1, 0.15) is 45.1 Å². The molecule has 2 saturated heterocycles. The summed E-state index contributed by atoms with van der Waals surface area (Å²) in [5.74, 6) is 0.0524. The summed E-state index contributed by atoms with van der Waals surface area (Å²) in [7, 11) is 0. The minimum absolute atomic E-state index is 0.273. The van der Waals surface area contributed by atoms with Gasteiger partial charge in [0.1, 0.15) is 17.2 Å². The van der Waals surface area contributed by atoms with Gasteiger partial charge in [-0.25, -0.2) is 23.5 Å². The number of rotatable bonds is 5. The van der Waals surface area contributed by atoms with E-state index in [1.54, 1.807) is 17.3 Å². The van der Waals surface area contributed by atoms with E-state index < -0.39 is 17.2 Å². The zero-order chi connectivity index (χ0) is 25.2. The van der Waals surface area contributed by atoms with Crippen molar-refractivity contribution >= 4 is 12.0 Å². The van der Waals surface area contributed by atoms with E-state index in [0.717, 1.165) is 25.0 Å². The Morgan fingerprint density at radius 3 is 2.49 bits per heavy atom. The molecule has 0 saturated carbocycles. The minimum atomic E-state index is -0.500. The highest BCUT2D eigenvalue weighted by molar-refractivity contribution is 5.68. The van der Waals surface area contributed by atoms with E-state index in [1.165, 1.54) is 6.07 Å². The number of carbonyl (C=O) groups is 1. The predicted molar refractivity (Wildman–Crippen MR) is 127 cm³/mol. The summed E-state index contributed by atoms with van der Waals surface area (Å²) in [4.78, 5) is 24.6. The molecule has 2 aliphatic heterocycles. The fourth-order valence-corrected chi connectivity index (χ4v) is 4.49. The molecule has 1 aromatic carbocycles. The molecule has 0 unspecified atom stereocenters. The number of amides is 1. The van der Waals surface area contributed by atoms with E-state index in [0.29, 0.717) is 50.4 Å². The third-order valence-corrected chi connectivity index (χ3v) is 6.37. The molecule has 2 aliphatic rings. The molecule has 190 valence electrons. The lowest BCUT2D eigenvalue weighted by molar-refractivity contribution is 0.0165. The number of piperidine rings is 1. The van der Waals surface area contributed by atoms with Gasteiger partial charge in [-0.1, -0.05) is 0 Å². The number of nitrogens with zero attached hydrogens (tertiary/aromatic N) is 4. The summed E-state index contributed by atoms with van der Waals surface area (Å²) in [5, 5.41) is 0. The average Bonchev–Trinajstić information content (AvgIpc) is 3.20. The molecular weight excluding hydrogens is 456 g/mol. The van der Waals surface area contributed by atoms with Crippen molar-refractivity contribution in [3.8, 4) is 5.75 Å². The zero-order valence-electron chi connectivity index (χ0n) is 20.4. The Morgan fingerprint density at radius 1 is 1.14 bits per heavy atom. The molecule has 1 amide bonds. The van der Waals surface area contributed by atoms with Gasteiger partial charge in [0.2, 0.25) is 5.95 Å². The summed E-state index contributed by atoms with van der Waals surface area (Å²) < 4.78 is 39.2. The largest absolute Gasteiger partial charge is 0.490 e. The highest BCUT2D eigenvalue weighted by Gasteiger charge is 2.34. The van der Waals surface area contributed by atoms with Crippen LogP contribution in [0.3, 0.4) is 0 Å². The molecule has 35 heavy (non-hydrogen) atoms. The van der Waals surface area contributed by atoms with E-state index in [2.05, 4.69) is 9.97 Å². The van der Waals surface area contributed by atoms with Crippen LogP contribution in [0.4, 0.5) is 19.5 Å². The van der Waals surface area contributed by atoms with Gasteiger partial charge in [0.25, 0.3) is 0 Å². The number of anilines is 1. The molecule has 4 rings (SSSR count). The number of halogens is 2. The van der Waals surface area contributed by atoms with Crippen molar-refractivity contribution in [2.24, 2.45) is 11.7 Å². The van der Waals surface area contributed by atoms with Crippen molar-refractivity contribution < 1.29 is 23.0 Å². The smallest absolute Gasteiger partial charge is 0.410 e. The number of nitrogens with two attached hydrogens (primary N) is 1. The molecule has 1 aromatic heterocycles. The van der Waals surface area contributed by atoms with E-state index in [4.69, 9.17) is 15.2 Å². The van der Waals surface area contributed by atoms with Gasteiger partial charge in [-0.15, -0.1) is 0 Å². The first kappa shape index (κ1) is 25.1. The standard InChI is InChI=1S/C25H33F2N5O3/c1-25(2,3)35-24(33)31-8-6-16(7-9-31)15-34-18-11-29-23(30-12-18)32-13-20(22(28)14-32)19-10-17(26)4-5-21(19)27/h4-5,10-12,16,20,22H,6-9,13-15,28H2,1-3H3/t20-,22+/m1/s1. The molecule has 0 aliphatic carbocycles. The van der Waals surface area contributed by atoms with E-state index in [9.17, 15) is 13.6 Å². The van der Waals surface area contributed by atoms with Gasteiger partial charge >= 0.3 is 6.09 Å². The van der Waals surface area contributed by atoms with E-state index >= 15 is 0 Å². The maximum absolute atomic E-state index is 14.2. The van der Waals surface area contributed by atoms with Gasteiger partial charge in [-0.05, 0) is 63.3 Å². The fraction of sp³-hybridized carbons (Fsp3) is 0.560. The number of carbonyl (C=O) groups excluding carboxylic acids is 1. The van der Waals surface area contributed by atoms with Crippen molar-refractivity contribution in [1.82, 2.24) is 14.9 Å². The molecular formula is C25H33F2N5O3. The highest BCUT2D eigenvalue weighted by atomic mass is 19.1. The first-order valence-electron chi connectivity index (χ1n) is 12.0. The Morgan fingerprint density at radius 2 is 1.83 bits per heavy atom. The van der Waals surface area contributed by atoms with Crippen molar-refractivity contribution in [1.29, 1.82) is 0 Å². The SMILES string of the molecule is CC(C)(C)OC(=O)N1CCC(COc2cnc(N3C[C@H](c4cc(F)ccc4F)[C@@H](N)C3)nc2)CC1. The number of hydrogen-bond donors (Lipinski definition) is 1. The molecule has 3 heterocycles. The third kappa shape index (κ3) is 6.36. The summed E-state index contributed by atoms with van der Waals surface area (Å²) in [5.41, 5.74) is 6.01. The van der Waals surface area contributed by atoms with Crippen molar-refractivity contribution in [2.45, 2.75) is 51.2 Å². The average molecular weight is 490 g/mol. The Labute approximate surface area is 204 Å². The van der Waals surface area contributed by atoms with E-state index in [-0.39, 0.29) is 23.6 Å². The predicted octanol–water partition coefficient (Wildman–Crippen LogP) is 3.71. The minimum Gasteiger partial charge on any atom is -0.490 e. The number of likely N-dealkylation sites (tertiary alicyclic amines) is 1.